The van der Waals surface area contributed by atoms with Crippen LogP contribution in [0.3, 0.4) is 0 Å². The fourth-order valence-corrected chi connectivity index (χ4v) is 12.8. The summed E-state index contributed by atoms with van der Waals surface area (Å²) < 4.78 is 2.09. The molecule has 0 saturated heterocycles. The minimum Gasteiger partial charge on any atom is -0.306 e. The fourth-order valence-electron chi connectivity index (χ4n) is 12.8. The smallest absolute Gasteiger partial charge is 0.137 e. The van der Waals surface area contributed by atoms with Gasteiger partial charge in [0.1, 0.15) is 5.65 Å². The Hall–Kier alpha value is -7.81. The molecule has 0 N–H and O–H groups in total. The van der Waals surface area contributed by atoms with Gasteiger partial charge in [-0.25, -0.2) is 4.98 Å². The summed E-state index contributed by atoms with van der Waals surface area (Å²) in [5.74, 6) is 0. The van der Waals surface area contributed by atoms with Gasteiger partial charge in [0.25, 0.3) is 0 Å². The minimum absolute atomic E-state index is 0.130. The molecule has 2 aromatic heterocycles. The zero-order valence-electron chi connectivity index (χ0n) is 39.4. The van der Waals surface area contributed by atoms with Gasteiger partial charge in [0, 0.05) is 34.2 Å². The normalized spacial score (nSPS) is 15.3. The van der Waals surface area contributed by atoms with Gasteiger partial charge < -0.3 is 4.40 Å². The maximum atomic E-state index is 4.94. The van der Waals surface area contributed by atoms with E-state index in [-0.39, 0.29) is 16.2 Å². The number of pyridine rings is 1. The Balaban J connectivity index is 1.07. The lowest BCUT2D eigenvalue weighted by Gasteiger charge is -2.26. The van der Waals surface area contributed by atoms with Crippen LogP contribution in [0.25, 0.3) is 105 Å². The summed E-state index contributed by atoms with van der Waals surface area (Å²) in [5, 5.41) is 5.11. The van der Waals surface area contributed by atoms with E-state index in [1.807, 2.05) is 12.1 Å². The molecular formula is C66H50N2. The predicted octanol–water partition coefficient (Wildman–Crippen LogP) is 17.2. The second-order valence-corrected chi connectivity index (χ2v) is 21.2. The molecule has 324 valence electrons. The zero-order valence-corrected chi connectivity index (χ0v) is 39.4. The molecule has 14 rings (SSSR count). The summed E-state index contributed by atoms with van der Waals surface area (Å²) >= 11 is 0. The van der Waals surface area contributed by atoms with Crippen LogP contribution in [0.2, 0.25) is 0 Å². The van der Waals surface area contributed by atoms with Crippen LogP contribution < -0.4 is 0 Å². The molecule has 0 fully saturated rings. The maximum Gasteiger partial charge on any atom is 0.137 e. The van der Waals surface area contributed by atoms with Crippen molar-refractivity contribution in [2.24, 2.45) is 0 Å². The summed E-state index contributed by atoms with van der Waals surface area (Å²) in [6.07, 6.45) is 4.17. The highest BCUT2D eigenvalue weighted by atomic mass is 15.0. The van der Waals surface area contributed by atoms with Crippen molar-refractivity contribution < 1.29 is 0 Å². The van der Waals surface area contributed by atoms with Crippen molar-refractivity contribution in [3.8, 4) is 78.0 Å². The van der Waals surface area contributed by atoms with E-state index in [9.17, 15) is 0 Å². The Morgan fingerprint density at radius 1 is 0.324 bits per heavy atom. The first-order valence-electron chi connectivity index (χ1n) is 24.2. The molecule has 3 aliphatic rings. The second kappa shape index (κ2) is 13.6. The molecule has 0 saturated carbocycles. The Morgan fingerprint density at radius 3 is 1.35 bits per heavy atom. The maximum absolute atomic E-state index is 4.94. The molecule has 0 amide bonds. The molecular weight excluding hydrogens is 821 g/mol. The number of rotatable bonds is 4. The fraction of sp³-hybridized carbons (Fsp3) is 0.136. The first kappa shape index (κ1) is 39.4. The SMILES string of the molecule is CC1(C)c2ccccc2-c2ccc(-c3c4ccc(-c5ccc(-c6cn7ccccc7n6)cc5)cc4c(-c4ccc5c(c4)C(C)(C)c4ccccc4-5)c4cc5c(cc34)-c3ccccc3C5(C)C)cc21. The summed E-state index contributed by atoms with van der Waals surface area (Å²) in [6, 6.07) is 69.2. The van der Waals surface area contributed by atoms with E-state index in [0.717, 1.165) is 16.9 Å². The van der Waals surface area contributed by atoms with Crippen LogP contribution >= 0.6 is 0 Å². The van der Waals surface area contributed by atoms with Crippen LogP contribution in [0.5, 0.6) is 0 Å². The van der Waals surface area contributed by atoms with Crippen LogP contribution in [-0.2, 0) is 16.2 Å². The van der Waals surface area contributed by atoms with Crippen LogP contribution in [0.1, 0.15) is 74.9 Å². The van der Waals surface area contributed by atoms with Crippen molar-refractivity contribution in [1.29, 1.82) is 0 Å². The average molecular weight is 871 g/mol. The first-order chi connectivity index (χ1) is 33.0. The van der Waals surface area contributed by atoms with Gasteiger partial charge in [-0.2, -0.15) is 0 Å². The van der Waals surface area contributed by atoms with Gasteiger partial charge in [0.2, 0.25) is 0 Å². The van der Waals surface area contributed by atoms with E-state index in [1.54, 1.807) is 0 Å². The lowest BCUT2D eigenvalue weighted by atomic mass is 9.77. The molecule has 0 spiro atoms. The molecule has 2 heteroatoms. The monoisotopic (exact) mass is 870 g/mol. The lowest BCUT2D eigenvalue weighted by Crippen LogP contribution is -2.15. The predicted molar refractivity (Wildman–Crippen MR) is 285 cm³/mol. The quantitative estimate of drug-likeness (QED) is 0.161. The van der Waals surface area contributed by atoms with Gasteiger partial charge in [0.15, 0.2) is 0 Å². The molecule has 3 aliphatic carbocycles. The minimum atomic E-state index is -0.165. The van der Waals surface area contributed by atoms with Crippen molar-refractivity contribution in [3.63, 3.8) is 0 Å². The van der Waals surface area contributed by atoms with E-state index in [4.69, 9.17) is 4.98 Å². The van der Waals surface area contributed by atoms with Crippen molar-refractivity contribution in [1.82, 2.24) is 9.38 Å². The highest BCUT2D eigenvalue weighted by Gasteiger charge is 2.39. The van der Waals surface area contributed by atoms with Crippen molar-refractivity contribution >= 4 is 27.2 Å². The molecule has 2 heterocycles. The number of hydrogen-bond acceptors (Lipinski definition) is 1. The Kier molecular flexibility index (Phi) is 7.90. The number of fused-ring (bicyclic) bond motifs is 12. The molecule has 0 radical (unpaired) electrons. The van der Waals surface area contributed by atoms with Crippen molar-refractivity contribution in [2.45, 2.75) is 57.8 Å². The molecule has 0 aliphatic heterocycles. The number of nitrogens with zero attached hydrogens (tertiary/aromatic N) is 2. The molecule has 11 aromatic rings. The Labute approximate surface area is 398 Å². The van der Waals surface area contributed by atoms with E-state index < -0.39 is 0 Å². The van der Waals surface area contributed by atoms with Gasteiger partial charge >= 0.3 is 0 Å². The molecule has 68 heavy (non-hydrogen) atoms. The number of aromatic nitrogens is 2. The highest BCUT2D eigenvalue weighted by Crippen LogP contribution is 2.56. The van der Waals surface area contributed by atoms with E-state index in [1.165, 1.54) is 122 Å². The number of benzene rings is 9. The van der Waals surface area contributed by atoms with Crippen LogP contribution in [0.4, 0.5) is 0 Å². The van der Waals surface area contributed by atoms with E-state index in [0.29, 0.717) is 0 Å². The third-order valence-corrected chi connectivity index (χ3v) is 16.4. The lowest BCUT2D eigenvalue weighted by molar-refractivity contribution is 0.660. The Morgan fingerprint density at radius 2 is 0.765 bits per heavy atom. The van der Waals surface area contributed by atoms with Gasteiger partial charge in [0.05, 0.1) is 5.69 Å². The first-order valence-corrected chi connectivity index (χ1v) is 24.2. The van der Waals surface area contributed by atoms with Gasteiger partial charge in [-0.3, -0.25) is 0 Å². The third kappa shape index (κ3) is 5.32. The number of hydrogen-bond donors (Lipinski definition) is 0. The largest absolute Gasteiger partial charge is 0.306 e. The highest BCUT2D eigenvalue weighted by molar-refractivity contribution is 6.23. The van der Waals surface area contributed by atoms with E-state index in [2.05, 4.69) is 228 Å². The topological polar surface area (TPSA) is 17.3 Å². The third-order valence-electron chi connectivity index (χ3n) is 16.4. The molecule has 9 aromatic carbocycles. The Bertz CT molecular complexity index is 3950. The zero-order chi connectivity index (χ0) is 45.8. The standard InChI is InChI=1S/C66H50N2/c1-64(2)54-18-10-7-15-44(54)47-29-27-42(34-57(47)64)62-49-31-26-41(39-22-24-40(25-23-39)60-38-68-32-14-13-21-61(68)67-60)33-51(49)63(43-28-30-48-45-16-8-11-19-55(45)65(3,4)58(48)35-43)53-37-59-50(36-52(53)62)46-17-9-12-20-56(46)66(59,5)6/h7-38H,1-6H3. The average Bonchev–Trinajstić information content (AvgIpc) is 4.04. The van der Waals surface area contributed by atoms with Gasteiger partial charge in [-0.15, -0.1) is 0 Å². The van der Waals surface area contributed by atoms with Crippen molar-refractivity contribution in [2.75, 3.05) is 0 Å². The van der Waals surface area contributed by atoms with Gasteiger partial charge in [-0.05, 0) is 164 Å². The summed E-state index contributed by atoms with van der Waals surface area (Å²) in [5.41, 5.74) is 26.4. The summed E-state index contributed by atoms with van der Waals surface area (Å²) in [6.45, 7) is 14.4. The van der Waals surface area contributed by atoms with Crippen LogP contribution in [0.15, 0.2) is 194 Å². The molecule has 0 atom stereocenters. The number of imidazole rings is 1. The second-order valence-electron chi connectivity index (χ2n) is 21.2. The molecule has 0 bridgehead atoms. The summed E-state index contributed by atoms with van der Waals surface area (Å²) in [4.78, 5) is 4.94. The van der Waals surface area contributed by atoms with Gasteiger partial charge in [-0.1, -0.05) is 181 Å². The van der Waals surface area contributed by atoms with Crippen LogP contribution in [0, 0.1) is 0 Å². The summed E-state index contributed by atoms with van der Waals surface area (Å²) in [7, 11) is 0. The van der Waals surface area contributed by atoms with Crippen LogP contribution in [-0.4, -0.2) is 9.38 Å². The molecule has 0 unspecified atom stereocenters. The van der Waals surface area contributed by atoms with Crippen molar-refractivity contribution in [3.05, 3.63) is 228 Å². The van der Waals surface area contributed by atoms with E-state index >= 15 is 0 Å². The molecule has 2 nitrogen and oxygen atoms in total.